The van der Waals surface area contributed by atoms with Gasteiger partial charge < -0.3 is 4.74 Å². The van der Waals surface area contributed by atoms with Gasteiger partial charge in [0.05, 0.1) is 0 Å². The summed E-state index contributed by atoms with van der Waals surface area (Å²) in [6, 6.07) is 10.6. The van der Waals surface area contributed by atoms with Crippen molar-refractivity contribution >= 4 is 11.6 Å². The fourth-order valence-corrected chi connectivity index (χ4v) is 2.55. The molecule has 1 nitrogen and oxygen atoms in total. The van der Waals surface area contributed by atoms with Crippen molar-refractivity contribution in [3.05, 3.63) is 63.7 Å². The van der Waals surface area contributed by atoms with Crippen LogP contribution in [0.2, 0.25) is 0 Å². The number of rotatable bonds is 4. The van der Waals surface area contributed by atoms with E-state index in [1.54, 1.807) is 0 Å². The van der Waals surface area contributed by atoms with Gasteiger partial charge in [0.1, 0.15) is 12.4 Å². The number of ether oxygens (including phenoxy) is 1. The summed E-state index contributed by atoms with van der Waals surface area (Å²) in [6.07, 6.45) is 0. The first-order valence-corrected chi connectivity index (χ1v) is 7.39. The number of benzene rings is 2. The first kappa shape index (κ1) is 14.9. The zero-order valence-electron chi connectivity index (χ0n) is 12.6. The molecule has 0 fully saturated rings. The lowest BCUT2D eigenvalue weighted by atomic mass is 10.1. The molecule has 2 aromatic carbocycles. The van der Waals surface area contributed by atoms with Crippen LogP contribution in [0.3, 0.4) is 0 Å². The van der Waals surface area contributed by atoms with Gasteiger partial charge in [0, 0.05) is 5.88 Å². The van der Waals surface area contributed by atoms with Crippen molar-refractivity contribution < 1.29 is 4.74 Å². The fourth-order valence-electron chi connectivity index (χ4n) is 2.39. The second-order valence-corrected chi connectivity index (χ2v) is 5.67. The molecule has 0 heterocycles. The van der Waals surface area contributed by atoms with Gasteiger partial charge in [-0.25, -0.2) is 0 Å². The van der Waals surface area contributed by atoms with Crippen LogP contribution in [0.1, 0.15) is 33.4 Å². The van der Waals surface area contributed by atoms with Gasteiger partial charge in [-0.2, -0.15) is 0 Å². The molecule has 0 aromatic heterocycles. The summed E-state index contributed by atoms with van der Waals surface area (Å²) in [6.45, 7) is 8.99. The quantitative estimate of drug-likeness (QED) is 0.699. The Morgan fingerprint density at radius 3 is 1.95 bits per heavy atom. The van der Waals surface area contributed by atoms with Crippen LogP contribution in [0.15, 0.2) is 30.3 Å². The minimum Gasteiger partial charge on any atom is -0.488 e. The van der Waals surface area contributed by atoms with Crippen LogP contribution in [0, 0.1) is 27.7 Å². The Morgan fingerprint density at radius 2 is 1.40 bits per heavy atom. The number of alkyl halides is 1. The predicted octanol–water partition coefficient (Wildman–Crippen LogP) is 5.24. The van der Waals surface area contributed by atoms with Crippen LogP contribution < -0.4 is 4.74 Å². The topological polar surface area (TPSA) is 9.23 Å². The normalized spacial score (nSPS) is 10.7. The standard InChI is InChI=1S/C18H21ClO/c1-12-5-6-16(7-13(12)2)11-20-18-14(3)8-17(10-19)9-15(18)4/h5-9H,10-11H2,1-4H3. The maximum Gasteiger partial charge on any atom is 0.125 e. The van der Waals surface area contributed by atoms with Crippen molar-refractivity contribution in [2.45, 2.75) is 40.2 Å². The number of hydrogen-bond acceptors (Lipinski definition) is 1. The molecule has 2 rings (SSSR count). The van der Waals surface area contributed by atoms with Gasteiger partial charge in [-0.3, -0.25) is 0 Å². The average molecular weight is 289 g/mol. The maximum atomic E-state index is 6.00. The Bertz CT molecular complexity index is 594. The molecule has 0 N–H and O–H groups in total. The molecule has 0 saturated carbocycles. The average Bonchev–Trinajstić information content (AvgIpc) is 2.41. The van der Waals surface area contributed by atoms with Crippen LogP contribution in [-0.4, -0.2) is 0 Å². The van der Waals surface area contributed by atoms with Crippen molar-refractivity contribution in [3.8, 4) is 5.75 Å². The monoisotopic (exact) mass is 288 g/mol. The summed E-state index contributed by atoms with van der Waals surface area (Å²) < 4.78 is 6.00. The molecule has 20 heavy (non-hydrogen) atoms. The van der Waals surface area contributed by atoms with E-state index in [1.165, 1.54) is 16.7 Å². The second-order valence-electron chi connectivity index (χ2n) is 5.40. The molecular formula is C18H21ClO. The third-order valence-corrected chi connectivity index (χ3v) is 3.94. The summed E-state index contributed by atoms with van der Waals surface area (Å²) >= 11 is 5.89. The molecule has 0 unspecified atom stereocenters. The SMILES string of the molecule is Cc1ccc(COc2c(C)cc(CCl)cc2C)cc1C. The van der Waals surface area contributed by atoms with E-state index in [9.17, 15) is 0 Å². The van der Waals surface area contributed by atoms with Crippen molar-refractivity contribution in [1.29, 1.82) is 0 Å². The molecule has 106 valence electrons. The van der Waals surface area contributed by atoms with E-state index in [0.29, 0.717) is 12.5 Å². The largest absolute Gasteiger partial charge is 0.488 e. The van der Waals surface area contributed by atoms with Gasteiger partial charge in [-0.15, -0.1) is 11.6 Å². The second kappa shape index (κ2) is 6.32. The van der Waals surface area contributed by atoms with Crippen LogP contribution in [-0.2, 0) is 12.5 Å². The van der Waals surface area contributed by atoms with Crippen LogP contribution in [0.25, 0.3) is 0 Å². The zero-order chi connectivity index (χ0) is 14.7. The minimum absolute atomic E-state index is 0.541. The third-order valence-electron chi connectivity index (χ3n) is 3.63. The van der Waals surface area contributed by atoms with Gasteiger partial charge in [-0.1, -0.05) is 30.3 Å². The van der Waals surface area contributed by atoms with Gasteiger partial charge in [0.15, 0.2) is 0 Å². The van der Waals surface area contributed by atoms with E-state index in [1.807, 2.05) is 0 Å². The molecule has 2 heteroatoms. The van der Waals surface area contributed by atoms with Gasteiger partial charge in [-0.05, 0) is 61.1 Å². The molecule has 0 bridgehead atoms. The molecule has 0 aliphatic carbocycles. The van der Waals surface area contributed by atoms with E-state index in [4.69, 9.17) is 16.3 Å². The van der Waals surface area contributed by atoms with E-state index in [2.05, 4.69) is 58.0 Å². The number of aryl methyl sites for hydroxylation is 4. The van der Waals surface area contributed by atoms with E-state index in [-0.39, 0.29) is 0 Å². The number of halogens is 1. The summed E-state index contributed by atoms with van der Waals surface area (Å²) in [7, 11) is 0. The van der Waals surface area contributed by atoms with E-state index < -0.39 is 0 Å². The Hall–Kier alpha value is -1.47. The van der Waals surface area contributed by atoms with Crippen LogP contribution >= 0.6 is 11.6 Å². The zero-order valence-corrected chi connectivity index (χ0v) is 13.3. The van der Waals surface area contributed by atoms with Crippen molar-refractivity contribution in [2.24, 2.45) is 0 Å². The van der Waals surface area contributed by atoms with Crippen molar-refractivity contribution in [3.63, 3.8) is 0 Å². The first-order valence-electron chi connectivity index (χ1n) is 6.86. The molecule has 0 amide bonds. The maximum absolute atomic E-state index is 6.00. The molecule has 2 aromatic rings. The van der Waals surface area contributed by atoms with Gasteiger partial charge in [0.25, 0.3) is 0 Å². The predicted molar refractivity (Wildman–Crippen MR) is 85.7 cm³/mol. The molecule has 0 saturated heterocycles. The summed E-state index contributed by atoms with van der Waals surface area (Å²) in [5.74, 6) is 1.51. The summed E-state index contributed by atoms with van der Waals surface area (Å²) in [4.78, 5) is 0. The van der Waals surface area contributed by atoms with E-state index >= 15 is 0 Å². The lowest BCUT2D eigenvalue weighted by Crippen LogP contribution is -2.00. The van der Waals surface area contributed by atoms with E-state index in [0.717, 1.165) is 22.4 Å². The molecule has 0 aliphatic rings. The Labute approximate surface area is 126 Å². The molecule has 0 atom stereocenters. The summed E-state index contributed by atoms with van der Waals surface area (Å²) in [5.41, 5.74) is 7.24. The minimum atomic E-state index is 0.541. The van der Waals surface area contributed by atoms with Gasteiger partial charge >= 0.3 is 0 Å². The molecule has 0 radical (unpaired) electrons. The fraction of sp³-hybridized carbons (Fsp3) is 0.333. The van der Waals surface area contributed by atoms with Crippen molar-refractivity contribution in [1.82, 2.24) is 0 Å². The van der Waals surface area contributed by atoms with Crippen LogP contribution in [0.4, 0.5) is 0 Å². The molecule has 0 aliphatic heterocycles. The molecular weight excluding hydrogens is 268 g/mol. The lowest BCUT2D eigenvalue weighted by Gasteiger charge is -2.14. The number of hydrogen-bond donors (Lipinski definition) is 0. The molecule has 0 spiro atoms. The Kier molecular flexibility index (Phi) is 4.72. The van der Waals surface area contributed by atoms with Gasteiger partial charge in [0.2, 0.25) is 0 Å². The lowest BCUT2D eigenvalue weighted by molar-refractivity contribution is 0.302. The Morgan fingerprint density at radius 1 is 0.800 bits per heavy atom. The highest BCUT2D eigenvalue weighted by atomic mass is 35.5. The highest BCUT2D eigenvalue weighted by molar-refractivity contribution is 6.17. The smallest absolute Gasteiger partial charge is 0.125 e. The van der Waals surface area contributed by atoms with Crippen molar-refractivity contribution in [2.75, 3.05) is 0 Å². The third kappa shape index (κ3) is 3.34. The Balaban J connectivity index is 2.16. The highest BCUT2D eigenvalue weighted by Gasteiger charge is 2.07. The highest BCUT2D eigenvalue weighted by Crippen LogP contribution is 2.26. The van der Waals surface area contributed by atoms with Crippen LogP contribution in [0.5, 0.6) is 5.75 Å². The first-order chi connectivity index (χ1) is 9.51. The summed E-state index contributed by atoms with van der Waals surface area (Å²) in [5, 5.41) is 0.